The third-order valence-electron chi connectivity index (χ3n) is 3.96. The van der Waals surface area contributed by atoms with Gasteiger partial charge >= 0.3 is 0 Å². The molecule has 0 radical (unpaired) electrons. The number of hydrogen-bond acceptors (Lipinski definition) is 5. The van der Waals surface area contributed by atoms with Crippen molar-refractivity contribution >= 4 is 46.6 Å². The molecule has 28 heavy (non-hydrogen) atoms. The van der Waals surface area contributed by atoms with Crippen LogP contribution in [0.5, 0.6) is 0 Å². The van der Waals surface area contributed by atoms with E-state index in [2.05, 4.69) is 27.4 Å². The van der Waals surface area contributed by atoms with Gasteiger partial charge in [-0.1, -0.05) is 48.0 Å². The molecule has 1 unspecified atom stereocenters. The van der Waals surface area contributed by atoms with Gasteiger partial charge in [0.1, 0.15) is 0 Å². The highest BCUT2D eigenvalue weighted by Gasteiger charge is 2.21. The fourth-order valence-corrected chi connectivity index (χ4v) is 3.78. The molecule has 2 heterocycles. The molecule has 3 aromatic rings. The van der Waals surface area contributed by atoms with Crippen LogP contribution in [-0.2, 0) is 11.3 Å². The number of thioether (sulfide) groups is 1. The van der Waals surface area contributed by atoms with E-state index in [1.807, 2.05) is 23.6 Å². The van der Waals surface area contributed by atoms with E-state index in [4.69, 9.17) is 23.2 Å². The zero-order valence-electron chi connectivity index (χ0n) is 15.4. The molecule has 3 rings (SSSR count). The number of anilines is 1. The Kier molecular flexibility index (Phi) is 6.93. The molecule has 9 heteroatoms. The van der Waals surface area contributed by atoms with Crippen LogP contribution in [0.1, 0.15) is 20.3 Å². The Labute approximate surface area is 177 Å². The first-order valence-corrected chi connectivity index (χ1v) is 10.4. The summed E-state index contributed by atoms with van der Waals surface area (Å²) in [7, 11) is 0. The van der Waals surface area contributed by atoms with Crippen molar-refractivity contribution in [2.45, 2.75) is 37.2 Å². The fourth-order valence-electron chi connectivity index (χ4n) is 2.56. The highest BCUT2D eigenvalue weighted by Crippen LogP contribution is 2.31. The number of nitrogens with zero attached hydrogens (tertiary/aromatic N) is 4. The SMILES string of the molecule is CCCn1c(SC(C)C(=O)Nc2cccc(Cl)c2Cl)nnc1-c1ccncc1. The van der Waals surface area contributed by atoms with Gasteiger partial charge in [0.05, 0.1) is 21.0 Å². The summed E-state index contributed by atoms with van der Waals surface area (Å²) in [5.74, 6) is 0.572. The lowest BCUT2D eigenvalue weighted by atomic mass is 10.2. The van der Waals surface area contributed by atoms with Crippen LogP contribution in [0.4, 0.5) is 5.69 Å². The maximum atomic E-state index is 12.6. The second kappa shape index (κ2) is 9.41. The average Bonchev–Trinajstić information content (AvgIpc) is 3.08. The van der Waals surface area contributed by atoms with Crippen LogP contribution >= 0.6 is 35.0 Å². The molecule has 0 aliphatic heterocycles. The quantitative estimate of drug-likeness (QED) is 0.517. The van der Waals surface area contributed by atoms with Crippen molar-refractivity contribution < 1.29 is 4.79 Å². The van der Waals surface area contributed by atoms with Crippen molar-refractivity contribution in [1.82, 2.24) is 19.7 Å². The number of amides is 1. The minimum absolute atomic E-state index is 0.189. The van der Waals surface area contributed by atoms with Gasteiger partial charge in [0.2, 0.25) is 5.91 Å². The average molecular weight is 436 g/mol. The largest absolute Gasteiger partial charge is 0.324 e. The van der Waals surface area contributed by atoms with Gasteiger partial charge in [0.25, 0.3) is 0 Å². The van der Waals surface area contributed by atoms with Crippen molar-refractivity contribution in [2.75, 3.05) is 5.32 Å². The van der Waals surface area contributed by atoms with Gasteiger partial charge in [-0.05, 0) is 37.6 Å². The number of hydrogen-bond donors (Lipinski definition) is 1. The fraction of sp³-hybridized carbons (Fsp3) is 0.263. The van der Waals surface area contributed by atoms with Gasteiger partial charge in [-0.25, -0.2) is 0 Å². The van der Waals surface area contributed by atoms with E-state index < -0.39 is 5.25 Å². The molecule has 0 aliphatic carbocycles. The lowest BCUT2D eigenvalue weighted by Crippen LogP contribution is -2.23. The standard InChI is InChI=1S/C19H19Cl2N5OS/c1-3-11-26-17(13-7-9-22-10-8-13)24-25-19(26)28-12(2)18(27)23-15-6-4-5-14(20)16(15)21/h4-10,12H,3,11H2,1-2H3,(H,23,27). The highest BCUT2D eigenvalue weighted by molar-refractivity contribution is 8.00. The van der Waals surface area contributed by atoms with Gasteiger partial charge in [-0.3, -0.25) is 9.78 Å². The molecule has 1 aromatic carbocycles. The predicted molar refractivity (Wildman–Crippen MR) is 114 cm³/mol. The number of pyridine rings is 1. The lowest BCUT2D eigenvalue weighted by Gasteiger charge is -2.14. The van der Waals surface area contributed by atoms with Crippen LogP contribution in [0, 0.1) is 0 Å². The summed E-state index contributed by atoms with van der Waals surface area (Å²) in [6.45, 7) is 4.65. The normalized spacial score (nSPS) is 12.0. The third-order valence-corrected chi connectivity index (χ3v) is 5.86. The second-order valence-electron chi connectivity index (χ2n) is 6.04. The van der Waals surface area contributed by atoms with Crippen molar-refractivity contribution in [3.05, 3.63) is 52.8 Å². The minimum Gasteiger partial charge on any atom is -0.324 e. The zero-order chi connectivity index (χ0) is 20.1. The molecule has 2 aromatic heterocycles. The number of aromatic nitrogens is 4. The van der Waals surface area contributed by atoms with E-state index in [9.17, 15) is 4.79 Å². The molecular weight excluding hydrogens is 417 g/mol. The molecule has 0 saturated heterocycles. The van der Waals surface area contributed by atoms with Gasteiger partial charge in [0.15, 0.2) is 11.0 Å². The molecule has 6 nitrogen and oxygen atoms in total. The second-order valence-corrected chi connectivity index (χ2v) is 8.14. The summed E-state index contributed by atoms with van der Waals surface area (Å²) in [4.78, 5) is 16.7. The molecule has 0 saturated carbocycles. The molecule has 1 atom stereocenters. The number of halogens is 2. The van der Waals surface area contributed by atoms with Gasteiger partial charge < -0.3 is 9.88 Å². The van der Waals surface area contributed by atoms with Crippen LogP contribution in [0.3, 0.4) is 0 Å². The number of carbonyl (C=O) groups excluding carboxylic acids is 1. The van der Waals surface area contributed by atoms with Gasteiger partial charge in [-0.15, -0.1) is 10.2 Å². The third kappa shape index (κ3) is 4.66. The van der Waals surface area contributed by atoms with E-state index in [1.54, 1.807) is 30.6 Å². The van der Waals surface area contributed by atoms with Crippen molar-refractivity contribution in [2.24, 2.45) is 0 Å². The number of carbonyl (C=O) groups is 1. The highest BCUT2D eigenvalue weighted by atomic mass is 35.5. The Morgan fingerprint density at radius 2 is 1.96 bits per heavy atom. The van der Waals surface area contributed by atoms with Crippen LogP contribution in [-0.4, -0.2) is 30.9 Å². The Morgan fingerprint density at radius 3 is 2.68 bits per heavy atom. The molecule has 0 aliphatic rings. The molecule has 146 valence electrons. The Morgan fingerprint density at radius 1 is 1.21 bits per heavy atom. The minimum atomic E-state index is -0.403. The zero-order valence-corrected chi connectivity index (χ0v) is 17.7. The molecule has 0 spiro atoms. The first-order valence-electron chi connectivity index (χ1n) is 8.76. The molecule has 0 fully saturated rings. The summed E-state index contributed by atoms with van der Waals surface area (Å²) in [5, 5.41) is 12.4. The Balaban J connectivity index is 1.78. The van der Waals surface area contributed by atoms with Crippen LogP contribution in [0.25, 0.3) is 11.4 Å². The van der Waals surface area contributed by atoms with E-state index in [-0.39, 0.29) is 5.91 Å². The molecule has 1 N–H and O–H groups in total. The number of benzene rings is 1. The summed E-state index contributed by atoms with van der Waals surface area (Å²) in [6, 6.07) is 8.90. The van der Waals surface area contributed by atoms with Crippen LogP contribution < -0.4 is 5.32 Å². The summed E-state index contributed by atoms with van der Waals surface area (Å²) >= 11 is 13.5. The van der Waals surface area contributed by atoms with Gasteiger partial charge in [0, 0.05) is 24.5 Å². The topological polar surface area (TPSA) is 72.7 Å². The maximum Gasteiger partial charge on any atom is 0.237 e. The first kappa shape index (κ1) is 20.6. The number of nitrogens with one attached hydrogen (secondary N) is 1. The smallest absolute Gasteiger partial charge is 0.237 e. The van der Waals surface area contributed by atoms with E-state index in [0.29, 0.717) is 20.9 Å². The molecule has 0 bridgehead atoms. The molecule has 1 amide bonds. The lowest BCUT2D eigenvalue weighted by molar-refractivity contribution is -0.115. The van der Waals surface area contributed by atoms with E-state index >= 15 is 0 Å². The summed E-state index contributed by atoms with van der Waals surface area (Å²) in [5.41, 5.74) is 1.42. The van der Waals surface area contributed by atoms with E-state index in [1.165, 1.54) is 11.8 Å². The summed E-state index contributed by atoms with van der Waals surface area (Å²) in [6.07, 6.45) is 4.36. The first-order chi connectivity index (χ1) is 13.5. The molecular formula is C19H19Cl2N5OS. The van der Waals surface area contributed by atoms with Crippen molar-refractivity contribution in [1.29, 1.82) is 0 Å². The van der Waals surface area contributed by atoms with Crippen LogP contribution in [0.2, 0.25) is 10.0 Å². The van der Waals surface area contributed by atoms with Crippen molar-refractivity contribution in [3.63, 3.8) is 0 Å². The van der Waals surface area contributed by atoms with E-state index in [0.717, 1.165) is 24.4 Å². The summed E-state index contributed by atoms with van der Waals surface area (Å²) < 4.78 is 2.02. The van der Waals surface area contributed by atoms with Crippen LogP contribution in [0.15, 0.2) is 47.9 Å². The van der Waals surface area contributed by atoms with Crippen molar-refractivity contribution in [3.8, 4) is 11.4 Å². The Hall–Kier alpha value is -2.09. The monoisotopic (exact) mass is 435 g/mol. The Bertz CT molecular complexity index is 964. The van der Waals surface area contributed by atoms with Gasteiger partial charge in [-0.2, -0.15) is 0 Å². The predicted octanol–water partition coefficient (Wildman–Crippen LogP) is 5.18. The number of rotatable bonds is 7. The maximum absolute atomic E-state index is 12.6.